The molecule has 2 rings (SSSR count). The fourth-order valence-corrected chi connectivity index (χ4v) is 2.89. The van der Waals surface area contributed by atoms with Crippen LogP contribution in [0.1, 0.15) is 29.7 Å². The Labute approximate surface area is 135 Å². The van der Waals surface area contributed by atoms with Gasteiger partial charge in [-0.25, -0.2) is 0 Å². The molecule has 0 radical (unpaired) electrons. The van der Waals surface area contributed by atoms with Crippen LogP contribution in [0.3, 0.4) is 0 Å². The van der Waals surface area contributed by atoms with Crippen molar-refractivity contribution < 1.29 is 4.74 Å². The van der Waals surface area contributed by atoms with Crippen LogP contribution in [0.25, 0.3) is 0 Å². The molecule has 0 aliphatic heterocycles. The SMILES string of the molecule is CCNC(Cc1cc(Br)ccc1OC)c1ccc(C)cc1. The standard InChI is InChI=1S/C18H22BrNO/c1-4-20-17(14-7-5-13(2)6-8-14)12-15-11-16(19)9-10-18(15)21-3/h5-11,17,20H,4,12H2,1-3H3. The first kappa shape index (κ1) is 16.1. The van der Waals surface area contributed by atoms with Gasteiger partial charge in [-0.3, -0.25) is 0 Å². The molecule has 21 heavy (non-hydrogen) atoms. The van der Waals surface area contributed by atoms with Gasteiger partial charge >= 0.3 is 0 Å². The Kier molecular flexibility index (Phi) is 5.83. The third-order valence-corrected chi connectivity index (χ3v) is 4.09. The summed E-state index contributed by atoms with van der Waals surface area (Å²) in [4.78, 5) is 0. The van der Waals surface area contributed by atoms with Crippen molar-refractivity contribution in [2.45, 2.75) is 26.3 Å². The lowest BCUT2D eigenvalue weighted by molar-refractivity contribution is 0.405. The van der Waals surface area contributed by atoms with Gasteiger partial charge < -0.3 is 10.1 Å². The first-order valence-corrected chi connectivity index (χ1v) is 8.05. The summed E-state index contributed by atoms with van der Waals surface area (Å²) in [7, 11) is 1.72. The highest BCUT2D eigenvalue weighted by atomic mass is 79.9. The van der Waals surface area contributed by atoms with E-state index >= 15 is 0 Å². The van der Waals surface area contributed by atoms with Crippen molar-refractivity contribution >= 4 is 15.9 Å². The highest BCUT2D eigenvalue weighted by Gasteiger charge is 2.14. The van der Waals surface area contributed by atoms with Gasteiger partial charge in [0.15, 0.2) is 0 Å². The number of halogens is 1. The largest absolute Gasteiger partial charge is 0.496 e. The maximum absolute atomic E-state index is 5.49. The zero-order chi connectivity index (χ0) is 15.2. The lowest BCUT2D eigenvalue weighted by Crippen LogP contribution is -2.23. The maximum Gasteiger partial charge on any atom is 0.122 e. The minimum atomic E-state index is 0.291. The van der Waals surface area contributed by atoms with E-state index in [-0.39, 0.29) is 0 Å². The summed E-state index contributed by atoms with van der Waals surface area (Å²) in [5, 5.41) is 3.57. The quantitative estimate of drug-likeness (QED) is 0.820. The average Bonchev–Trinajstić information content (AvgIpc) is 2.48. The topological polar surface area (TPSA) is 21.3 Å². The lowest BCUT2D eigenvalue weighted by Gasteiger charge is -2.20. The first-order chi connectivity index (χ1) is 10.1. The number of nitrogens with one attached hydrogen (secondary N) is 1. The Bertz CT molecular complexity index is 580. The van der Waals surface area contributed by atoms with Gasteiger partial charge in [0.2, 0.25) is 0 Å². The van der Waals surface area contributed by atoms with E-state index in [0.29, 0.717) is 6.04 Å². The molecule has 112 valence electrons. The van der Waals surface area contributed by atoms with Crippen LogP contribution in [0.5, 0.6) is 5.75 Å². The summed E-state index contributed by atoms with van der Waals surface area (Å²) in [6.07, 6.45) is 0.902. The predicted molar refractivity (Wildman–Crippen MR) is 92.0 cm³/mol. The van der Waals surface area contributed by atoms with Crippen LogP contribution in [-0.4, -0.2) is 13.7 Å². The van der Waals surface area contributed by atoms with Gasteiger partial charge in [-0.1, -0.05) is 52.7 Å². The van der Waals surface area contributed by atoms with Gasteiger partial charge in [0.1, 0.15) is 5.75 Å². The fraction of sp³-hybridized carbons (Fsp3) is 0.333. The maximum atomic E-state index is 5.49. The fourth-order valence-electron chi connectivity index (χ4n) is 2.48. The molecule has 0 aliphatic carbocycles. The molecule has 0 saturated heterocycles. The Morgan fingerprint density at radius 1 is 1.14 bits per heavy atom. The van der Waals surface area contributed by atoms with E-state index in [1.165, 1.54) is 16.7 Å². The molecule has 2 aromatic rings. The number of methoxy groups -OCH3 is 1. The highest BCUT2D eigenvalue weighted by Crippen LogP contribution is 2.28. The van der Waals surface area contributed by atoms with Gasteiger partial charge in [0, 0.05) is 10.5 Å². The van der Waals surface area contributed by atoms with E-state index in [1.807, 2.05) is 12.1 Å². The minimum absolute atomic E-state index is 0.291. The average molecular weight is 348 g/mol. The second kappa shape index (κ2) is 7.62. The van der Waals surface area contributed by atoms with Crippen molar-refractivity contribution in [2.75, 3.05) is 13.7 Å². The monoisotopic (exact) mass is 347 g/mol. The third-order valence-electron chi connectivity index (χ3n) is 3.60. The van der Waals surface area contributed by atoms with Gasteiger partial charge in [-0.05, 0) is 49.2 Å². The van der Waals surface area contributed by atoms with Crippen molar-refractivity contribution in [1.82, 2.24) is 5.32 Å². The van der Waals surface area contributed by atoms with E-state index in [9.17, 15) is 0 Å². The number of hydrogen-bond donors (Lipinski definition) is 1. The first-order valence-electron chi connectivity index (χ1n) is 7.26. The highest BCUT2D eigenvalue weighted by molar-refractivity contribution is 9.10. The van der Waals surface area contributed by atoms with Crippen LogP contribution in [-0.2, 0) is 6.42 Å². The molecule has 0 amide bonds. The molecule has 1 unspecified atom stereocenters. The molecule has 0 fully saturated rings. The molecule has 0 spiro atoms. The van der Waals surface area contributed by atoms with E-state index < -0.39 is 0 Å². The lowest BCUT2D eigenvalue weighted by atomic mass is 9.97. The van der Waals surface area contributed by atoms with Crippen LogP contribution in [0, 0.1) is 6.92 Å². The number of hydrogen-bond acceptors (Lipinski definition) is 2. The molecule has 0 aliphatic rings. The summed E-state index contributed by atoms with van der Waals surface area (Å²) in [5.41, 5.74) is 3.80. The van der Waals surface area contributed by atoms with Crippen molar-refractivity contribution in [2.24, 2.45) is 0 Å². The molecule has 0 heterocycles. The van der Waals surface area contributed by atoms with Gasteiger partial charge in [-0.2, -0.15) is 0 Å². The normalized spacial score (nSPS) is 12.2. The molecule has 1 atom stereocenters. The predicted octanol–water partition coefficient (Wildman–Crippen LogP) is 4.66. The molecular weight excluding hydrogens is 326 g/mol. The Hall–Kier alpha value is -1.32. The van der Waals surface area contributed by atoms with E-state index in [0.717, 1.165) is 23.2 Å². The summed E-state index contributed by atoms with van der Waals surface area (Å²) >= 11 is 3.54. The summed E-state index contributed by atoms with van der Waals surface area (Å²) in [6, 6.07) is 15.2. The number of benzene rings is 2. The van der Waals surface area contributed by atoms with E-state index in [2.05, 4.69) is 65.4 Å². The molecule has 2 aromatic carbocycles. The van der Waals surface area contributed by atoms with Gasteiger partial charge in [-0.15, -0.1) is 0 Å². The molecular formula is C18H22BrNO. The van der Waals surface area contributed by atoms with E-state index in [4.69, 9.17) is 4.74 Å². The van der Waals surface area contributed by atoms with Crippen molar-refractivity contribution in [1.29, 1.82) is 0 Å². The summed E-state index contributed by atoms with van der Waals surface area (Å²) < 4.78 is 6.57. The van der Waals surface area contributed by atoms with Crippen molar-refractivity contribution in [3.63, 3.8) is 0 Å². The second-order valence-electron chi connectivity index (χ2n) is 5.18. The number of aryl methyl sites for hydroxylation is 1. The molecule has 3 heteroatoms. The summed E-state index contributed by atoms with van der Waals surface area (Å²) in [5.74, 6) is 0.938. The minimum Gasteiger partial charge on any atom is -0.496 e. The van der Waals surface area contributed by atoms with Crippen LogP contribution in [0.4, 0.5) is 0 Å². The van der Waals surface area contributed by atoms with Crippen molar-refractivity contribution in [3.05, 3.63) is 63.6 Å². The Balaban J connectivity index is 2.27. The van der Waals surface area contributed by atoms with Crippen LogP contribution < -0.4 is 10.1 Å². The molecule has 2 nitrogen and oxygen atoms in total. The smallest absolute Gasteiger partial charge is 0.122 e. The Morgan fingerprint density at radius 3 is 2.48 bits per heavy atom. The van der Waals surface area contributed by atoms with Crippen LogP contribution in [0.2, 0.25) is 0 Å². The summed E-state index contributed by atoms with van der Waals surface area (Å²) in [6.45, 7) is 5.19. The number of ether oxygens (including phenoxy) is 1. The van der Waals surface area contributed by atoms with Gasteiger partial charge in [0.05, 0.1) is 7.11 Å². The zero-order valence-electron chi connectivity index (χ0n) is 12.8. The second-order valence-corrected chi connectivity index (χ2v) is 6.10. The molecule has 0 aromatic heterocycles. The van der Waals surface area contributed by atoms with Gasteiger partial charge in [0.25, 0.3) is 0 Å². The Morgan fingerprint density at radius 2 is 1.86 bits per heavy atom. The van der Waals surface area contributed by atoms with E-state index in [1.54, 1.807) is 7.11 Å². The molecule has 0 bridgehead atoms. The number of likely N-dealkylation sites (N-methyl/N-ethyl adjacent to an activating group) is 1. The van der Waals surface area contributed by atoms with Crippen LogP contribution >= 0.6 is 15.9 Å². The van der Waals surface area contributed by atoms with Crippen molar-refractivity contribution in [3.8, 4) is 5.75 Å². The third kappa shape index (κ3) is 4.32. The molecule has 1 N–H and O–H groups in total. The van der Waals surface area contributed by atoms with Crippen LogP contribution in [0.15, 0.2) is 46.9 Å². The zero-order valence-corrected chi connectivity index (χ0v) is 14.4. The number of rotatable bonds is 6. The molecule has 0 saturated carbocycles.